The summed E-state index contributed by atoms with van der Waals surface area (Å²) < 4.78 is 61.9. The topological polar surface area (TPSA) is 115 Å². The van der Waals surface area contributed by atoms with Crippen LogP contribution in [-0.2, 0) is 34.1 Å². The number of amides is 1. The van der Waals surface area contributed by atoms with Gasteiger partial charge in [0.15, 0.2) is 0 Å². The number of carbonyl (C=O) groups excluding carboxylic acids is 1. The smallest absolute Gasteiger partial charge is 0.421 e. The Kier molecular flexibility index (Phi) is 9.31. The number of anilines is 5. The molecule has 3 N–H and O–H groups in total. The van der Waals surface area contributed by atoms with Gasteiger partial charge in [-0.05, 0) is 42.2 Å². The van der Waals surface area contributed by atoms with Gasteiger partial charge in [0.2, 0.25) is 11.9 Å². The summed E-state index contributed by atoms with van der Waals surface area (Å²) in [7, 11) is -0.661. The number of hydrogen-bond donors (Lipinski definition) is 4. The number of benzene rings is 2. The highest BCUT2D eigenvalue weighted by Gasteiger charge is 2.36. The van der Waals surface area contributed by atoms with Gasteiger partial charge in [0.1, 0.15) is 17.1 Å². The molecule has 254 valence electrons. The number of halogens is 3. The molecule has 1 amide bonds. The number of fused-ring (bicyclic) bond motifs is 1. The van der Waals surface area contributed by atoms with Crippen molar-refractivity contribution in [3.8, 4) is 5.75 Å². The van der Waals surface area contributed by atoms with Crippen LogP contribution >= 0.6 is 0 Å². The Morgan fingerprint density at radius 1 is 1.06 bits per heavy atom. The number of nitrogens with zero attached hydrogens (tertiary/aromatic N) is 5. The minimum Gasteiger partial charge on any atom is -0.494 e. The van der Waals surface area contributed by atoms with Crippen molar-refractivity contribution in [3.05, 3.63) is 59.3 Å². The number of alkyl halides is 3. The van der Waals surface area contributed by atoms with Crippen LogP contribution in [0.1, 0.15) is 29.5 Å². The molecule has 3 aliphatic heterocycles. The van der Waals surface area contributed by atoms with E-state index < -0.39 is 21.9 Å². The summed E-state index contributed by atoms with van der Waals surface area (Å²) in [4.78, 5) is 24.8. The van der Waals surface area contributed by atoms with Crippen molar-refractivity contribution < 1.29 is 26.9 Å². The standard InChI is InChI=1S/C32H41F3N8O3S/c1-46-28-17-23(42-15-13-41(14-16-42)22-9-11-43(12-10-22)47(2,3)45)7-8-27(28)39-31-37-20-25(32(33,34)35)30(40-31)36-19-21-5-4-6-26-24(21)18-29(44)38-26/h4-8,17,20,22,47H,9-16,18-19H2,1-3H3,(H,38,44)(H2,36,37,39,40). The molecule has 11 nitrogen and oxygen atoms in total. The third-order valence-corrected chi connectivity index (χ3v) is 10.9. The highest BCUT2D eigenvalue weighted by atomic mass is 32.3. The van der Waals surface area contributed by atoms with Crippen LogP contribution in [0.2, 0.25) is 0 Å². The number of rotatable bonds is 9. The summed E-state index contributed by atoms with van der Waals surface area (Å²) in [6.07, 6.45) is 1.98. The zero-order chi connectivity index (χ0) is 33.3. The van der Waals surface area contributed by atoms with Crippen molar-refractivity contribution in [2.24, 2.45) is 0 Å². The van der Waals surface area contributed by atoms with E-state index in [-0.39, 0.29) is 30.6 Å². The van der Waals surface area contributed by atoms with Gasteiger partial charge in [-0.15, -0.1) is 0 Å². The average Bonchev–Trinajstić information content (AvgIpc) is 3.44. The molecule has 0 unspecified atom stereocenters. The average molecular weight is 675 g/mol. The first-order valence-corrected chi connectivity index (χ1v) is 18.3. The van der Waals surface area contributed by atoms with Gasteiger partial charge in [0, 0.05) is 88.0 Å². The second kappa shape index (κ2) is 13.3. The predicted molar refractivity (Wildman–Crippen MR) is 179 cm³/mol. The van der Waals surface area contributed by atoms with Crippen LogP contribution in [0, 0.1) is 0 Å². The maximum atomic E-state index is 13.9. The maximum absolute atomic E-state index is 13.9. The molecule has 0 spiro atoms. The molecule has 1 aromatic heterocycles. The number of hydrogen-bond acceptors (Lipinski definition) is 9. The minimum atomic E-state index is -4.67. The fourth-order valence-corrected chi connectivity index (χ4v) is 7.78. The molecule has 47 heavy (non-hydrogen) atoms. The van der Waals surface area contributed by atoms with Crippen molar-refractivity contribution in [3.63, 3.8) is 0 Å². The molecule has 2 fully saturated rings. The molecular weight excluding hydrogens is 633 g/mol. The van der Waals surface area contributed by atoms with E-state index in [2.05, 4.69) is 40.0 Å². The zero-order valence-electron chi connectivity index (χ0n) is 26.7. The third kappa shape index (κ3) is 7.47. The first-order valence-electron chi connectivity index (χ1n) is 15.7. The number of ether oxygens (including phenoxy) is 1. The maximum Gasteiger partial charge on any atom is 0.421 e. The molecule has 0 aliphatic carbocycles. The van der Waals surface area contributed by atoms with Gasteiger partial charge in [-0.2, -0.15) is 18.2 Å². The lowest BCUT2D eigenvalue weighted by atomic mass is 10.0. The van der Waals surface area contributed by atoms with E-state index in [1.54, 1.807) is 25.3 Å². The first kappa shape index (κ1) is 33.0. The number of nitrogens with one attached hydrogen (secondary N) is 3. The second-order valence-corrected chi connectivity index (χ2v) is 15.6. The van der Waals surface area contributed by atoms with E-state index in [0.29, 0.717) is 28.7 Å². The molecule has 0 atom stereocenters. The number of piperazine rings is 1. The summed E-state index contributed by atoms with van der Waals surface area (Å²) in [6.45, 7) is 5.34. The number of piperidine rings is 1. The van der Waals surface area contributed by atoms with E-state index in [1.165, 1.54) is 0 Å². The lowest BCUT2D eigenvalue weighted by molar-refractivity contribution is -0.137. The van der Waals surface area contributed by atoms with E-state index in [9.17, 15) is 22.2 Å². The van der Waals surface area contributed by atoms with Crippen LogP contribution in [0.3, 0.4) is 0 Å². The van der Waals surface area contributed by atoms with Gasteiger partial charge in [-0.3, -0.25) is 13.9 Å². The predicted octanol–water partition coefficient (Wildman–Crippen LogP) is 4.13. The minimum absolute atomic E-state index is 0.0242. The quantitative estimate of drug-likeness (QED) is 0.249. The van der Waals surface area contributed by atoms with Gasteiger partial charge in [-0.25, -0.2) is 9.29 Å². The van der Waals surface area contributed by atoms with Crippen LogP contribution in [-0.4, -0.2) is 94.2 Å². The van der Waals surface area contributed by atoms with Crippen molar-refractivity contribution in [2.45, 2.75) is 38.0 Å². The summed E-state index contributed by atoms with van der Waals surface area (Å²) in [6, 6.07) is 11.5. The summed E-state index contributed by atoms with van der Waals surface area (Å²) >= 11 is 0. The number of aromatic nitrogens is 2. The molecule has 0 bridgehead atoms. The molecule has 2 aromatic carbocycles. The SMILES string of the molecule is COc1cc(N2CCN(C3CCN([SH](C)(C)=O)CC3)CC2)ccc1Nc1ncc(C(F)(F)F)c(NCc2cccc3c2CC(=O)N3)n1. The lowest BCUT2D eigenvalue weighted by Crippen LogP contribution is -2.54. The van der Waals surface area contributed by atoms with Crippen LogP contribution in [0.5, 0.6) is 5.75 Å². The van der Waals surface area contributed by atoms with Gasteiger partial charge < -0.3 is 25.6 Å². The molecular formula is C32H41F3N8O3S. The van der Waals surface area contributed by atoms with Crippen LogP contribution in [0.25, 0.3) is 0 Å². The highest BCUT2D eigenvalue weighted by molar-refractivity contribution is 7.99. The van der Waals surface area contributed by atoms with E-state index in [4.69, 9.17) is 4.74 Å². The lowest BCUT2D eigenvalue weighted by Gasteiger charge is -2.44. The van der Waals surface area contributed by atoms with Crippen LogP contribution in [0.4, 0.5) is 42.0 Å². The molecule has 15 heteroatoms. The molecule has 3 aromatic rings. The Bertz CT molecular complexity index is 1670. The van der Waals surface area contributed by atoms with Crippen molar-refractivity contribution in [1.82, 2.24) is 19.2 Å². The molecule has 0 radical (unpaired) electrons. The number of thiol groups is 1. The molecule has 6 rings (SSSR count). The summed E-state index contributed by atoms with van der Waals surface area (Å²) in [5, 5.41) is 8.59. The molecule has 0 saturated carbocycles. The molecule has 4 heterocycles. The fraction of sp³-hybridized carbons (Fsp3) is 0.469. The van der Waals surface area contributed by atoms with Crippen LogP contribution in [0.15, 0.2) is 42.6 Å². The Balaban J connectivity index is 1.12. The van der Waals surface area contributed by atoms with Gasteiger partial charge in [0.25, 0.3) is 0 Å². The van der Waals surface area contributed by atoms with Gasteiger partial charge in [-0.1, -0.05) is 22.3 Å². The van der Waals surface area contributed by atoms with Crippen molar-refractivity contribution in [1.29, 1.82) is 0 Å². The largest absolute Gasteiger partial charge is 0.494 e. The first-order chi connectivity index (χ1) is 22.4. The Morgan fingerprint density at radius 2 is 1.81 bits per heavy atom. The zero-order valence-corrected chi connectivity index (χ0v) is 27.6. The van der Waals surface area contributed by atoms with E-state index in [1.807, 2.05) is 30.7 Å². The van der Waals surface area contributed by atoms with E-state index in [0.717, 1.165) is 69.6 Å². The third-order valence-electron chi connectivity index (χ3n) is 9.17. The van der Waals surface area contributed by atoms with Crippen LogP contribution < -0.4 is 25.6 Å². The van der Waals surface area contributed by atoms with E-state index >= 15 is 0 Å². The highest BCUT2D eigenvalue weighted by Crippen LogP contribution is 2.37. The monoisotopic (exact) mass is 674 g/mol. The number of methoxy groups -OCH3 is 1. The Labute approximate surface area is 273 Å². The normalized spacial score (nSPS) is 18.5. The number of carbonyl (C=O) groups is 1. The van der Waals surface area contributed by atoms with Crippen molar-refractivity contribution in [2.75, 3.05) is 79.7 Å². The summed E-state index contributed by atoms with van der Waals surface area (Å²) in [5.41, 5.74) is 2.63. The van der Waals surface area contributed by atoms with Crippen molar-refractivity contribution >= 4 is 44.9 Å². The Hall–Kier alpha value is -3.95. The van der Waals surface area contributed by atoms with Gasteiger partial charge in [0.05, 0.1) is 19.2 Å². The summed E-state index contributed by atoms with van der Waals surface area (Å²) in [5.74, 6) is -0.0415. The molecule has 2 saturated heterocycles. The Morgan fingerprint density at radius 3 is 2.49 bits per heavy atom. The second-order valence-electron chi connectivity index (χ2n) is 12.5. The molecule has 3 aliphatic rings. The fourth-order valence-electron chi connectivity index (χ4n) is 6.59. The van der Waals surface area contributed by atoms with Gasteiger partial charge >= 0.3 is 6.18 Å².